The zero-order valence-corrected chi connectivity index (χ0v) is 18.2. The van der Waals surface area contributed by atoms with Gasteiger partial charge in [0.25, 0.3) is 0 Å². The topological polar surface area (TPSA) is 84.9 Å². The number of hydrogen-bond acceptors (Lipinski definition) is 5. The summed E-state index contributed by atoms with van der Waals surface area (Å²) in [5.74, 6) is 0.723. The maximum atomic E-state index is 12.5. The third-order valence-electron chi connectivity index (χ3n) is 4.08. The smallest absolute Gasteiger partial charge is 0.241 e. The predicted octanol–water partition coefficient (Wildman–Crippen LogP) is 2.87. The van der Waals surface area contributed by atoms with Gasteiger partial charge in [-0.15, -0.1) is 0 Å². The van der Waals surface area contributed by atoms with Gasteiger partial charge in [0.05, 0.1) is 25.2 Å². The van der Waals surface area contributed by atoms with Crippen LogP contribution in [0, 0.1) is 6.92 Å². The third-order valence-corrected chi connectivity index (χ3v) is 5.20. The Morgan fingerprint density at radius 3 is 2.34 bits per heavy atom. The molecule has 0 unspecified atom stereocenters. The van der Waals surface area contributed by atoms with Gasteiger partial charge >= 0.3 is 0 Å². The molecule has 29 heavy (non-hydrogen) atoms. The van der Waals surface area contributed by atoms with Crippen molar-refractivity contribution in [2.75, 3.05) is 24.2 Å². The average molecular weight is 421 g/mol. The van der Waals surface area contributed by atoms with Gasteiger partial charge in [0.15, 0.2) is 0 Å². The van der Waals surface area contributed by atoms with E-state index < -0.39 is 15.9 Å². The fourth-order valence-corrected chi connectivity index (χ4v) is 3.57. The molecule has 2 rings (SSSR count). The van der Waals surface area contributed by atoms with E-state index in [0.29, 0.717) is 11.4 Å². The molecule has 7 nitrogen and oxygen atoms in total. The van der Waals surface area contributed by atoms with E-state index in [4.69, 9.17) is 9.47 Å². The number of ether oxygens (including phenoxy) is 2. The molecule has 0 spiro atoms. The summed E-state index contributed by atoms with van der Waals surface area (Å²) in [7, 11) is -2.23. The third kappa shape index (κ3) is 6.67. The van der Waals surface area contributed by atoms with Gasteiger partial charge in [-0.05, 0) is 56.2 Å². The first-order valence-electron chi connectivity index (χ1n) is 9.25. The molecule has 158 valence electrons. The standard InChI is InChI=1S/C21H28N2O5S/c1-15(2)28-18-9-7-17(8-10-18)13-22-21(24)14-23(29(5,25)26)19-12-16(3)6-11-20(19)27-4/h6-12,15H,13-14H2,1-5H3,(H,22,24). The molecule has 0 aliphatic carbocycles. The molecule has 0 atom stereocenters. The second-order valence-corrected chi connectivity index (χ2v) is 8.94. The molecule has 8 heteroatoms. The van der Waals surface area contributed by atoms with Gasteiger partial charge in [0.2, 0.25) is 15.9 Å². The van der Waals surface area contributed by atoms with Gasteiger partial charge in [0.1, 0.15) is 18.0 Å². The summed E-state index contributed by atoms with van der Waals surface area (Å²) in [5.41, 5.74) is 2.08. The lowest BCUT2D eigenvalue weighted by atomic mass is 10.2. The molecular weight excluding hydrogens is 392 g/mol. The van der Waals surface area contributed by atoms with Crippen LogP contribution in [0.2, 0.25) is 0 Å². The van der Waals surface area contributed by atoms with Crippen LogP contribution in [0.3, 0.4) is 0 Å². The summed E-state index contributed by atoms with van der Waals surface area (Å²) in [6.45, 7) is 5.68. The summed E-state index contributed by atoms with van der Waals surface area (Å²) in [6, 6.07) is 12.6. The summed E-state index contributed by atoms with van der Waals surface area (Å²) >= 11 is 0. The van der Waals surface area contributed by atoms with Crippen LogP contribution in [0.4, 0.5) is 5.69 Å². The van der Waals surface area contributed by atoms with Crippen LogP contribution in [0.5, 0.6) is 11.5 Å². The molecule has 2 aromatic rings. The summed E-state index contributed by atoms with van der Waals surface area (Å²) < 4.78 is 36.6. The summed E-state index contributed by atoms with van der Waals surface area (Å²) in [5, 5.41) is 2.76. The van der Waals surface area contributed by atoms with E-state index in [9.17, 15) is 13.2 Å². The quantitative estimate of drug-likeness (QED) is 0.674. The van der Waals surface area contributed by atoms with Crippen molar-refractivity contribution < 1.29 is 22.7 Å². The van der Waals surface area contributed by atoms with Crippen molar-refractivity contribution in [3.8, 4) is 11.5 Å². The zero-order valence-electron chi connectivity index (χ0n) is 17.4. The molecule has 0 aliphatic rings. The number of anilines is 1. The van der Waals surface area contributed by atoms with Gasteiger partial charge in [-0.25, -0.2) is 8.42 Å². The highest BCUT2D eigenvalue weighted by Crippen LogP contribution is 2.30. The highest BCUT2D eigenvalue weighted by molar-refractivity contribution is 7.92. The predicted molar refractivity (Wildman–Crippen MR) is 114 cm³/mol. The van der Waals surface area contributed by atoms with Crippen molar-refractivity contribution in [3.63, 3.8) is 0 Å². The molecule has 0 saturated carbocycles. The van der Waals surface area contributed by atoms with Crippen molar-refractivity contribution in [2.45, 2.75) is 33.4 Å². The van der Waals surface area contributed by atoms with Crippen molar-refractivity contribution in [2.24, 2.45) is 0 Å². The van der Waals surface area contributed by atoms with E-state index in [1.807, 2.05) is 51.1 Å². The van der Waals surface area contributed by atoms with Gasteiger partial charge in [-0.3, -0.25) is 9.10 Å². The van der Waals surface area contributed by atoms with Crippen molar-refractivity contribution in [1.82, 2.24) is 5.32 Å². The number of benzene rings is 2. The Morgan fingerprint density at radius 1 is 1.14 bits per heavy atom. The molecule has 1 amide bonds. The van der Waals surface area contributed by atoms with E-state index in [1.165, 1.54) is 7.11 Å². The first-order valence-corrected chi connectivity index (χ1v) is 11.1. The fourth-order valence-electron chi connectivity index (χ4n) is 2.72. The number of rotatable bonds is 9. The Hall–Kier alpha value is -2.74. The Labute approximate surface area is 172 Å². The monoisotopic (exact) mass is 420 g/mol. The van der Waals surface area contributed by atoms with Gasteiger partial charge < -0.3 is 14.8 Å². The number of amides is 1. The van der Waals surface area contributed by atoms with Crippen molar-refractivity contribution >= 4 is 21.6 Å². The number of methoxy groups -OCH3 is 1. The molecule has 0 saturated heterocycles. The summed E-state index contributed by atoms with van der Waals surface area (Å²) in [4.78, 5) is 12.5. The van der Waals surface area contributed by atoms with E-state index in [-0.39, 0.29) is 19.2 Å². The molecule has 2 aromatic carbocycles. The number of hydrogen-bond donors (Lipinski definition) is 1. The lowest BCUT2D eigenvalue weighted by molar-refractivity contribution is -0.119. The van der Waals surface area contributed by atoms with Crippen LogP contribution >= 0.6 is 0 Å². The average Bonchev–Trinajstić information content (AvgIpc) is 2.64. The fraction of sp³-hybridized carbons (Fsp3) is 0.381. The number of sulfonamides is 1. The normalized spacial score (nSPS) is 11.2. The van der Waals surface area contributed by atoms with E-state index in [1.54, 1.807) is 12.1 Å². The summed E-state index contributed by atoms with van der Waals surface area (Å²) in [6.07, 6.45) is 1.15. The molecule has 0 fully saturated rings. The molecule has 0 heterocycles. The van der Waals surface area contributed by atoms with Gasteiger partial charge in [-0.2, -0.15) is 0 Å². The van der Waals surface area contributed by atoms with Gasteiger partial charge in [0, 0.05) is 6.54 Å². The number of carbonyl (C=O) groups excluding carboxylic acids is 1. The largest absolute Gasteiger partial charge is 0.495 e. The van der Waals surface area contributed by atoms with Crippen LogP contribution < -0.4 is 19.1 Å². The molecule has 0 radical (unpaired) electrons. The Balaban J connectivity index is 2.09. The Bertz CT molecular complexity index is 940. The lowest BCUT2D eigenvalue weighted by Gasteiger charge is -2.24. The minimum atomic E-state index is -3.69. The van der Waals surface area contributed by atoms with Crippen molar-refractivity contribution in [1.29, 1.82) is 0 Å². The lowest BCUT2D eigenvalue weighted by Crippen LogP contribution is -2.40. The minimum Gasteiger partial charge on any atom is -0.495 e. The molecule has 0 aromatic heterocycles. The minimum absolute atomic E-state index is 0.0844. The van der Waals surface area contributed by atoms with Gasteiger partial charge in [-0.1, -0.05) is 18.2 Å². The van der Waals surface area contributed by atoms with E-state index >= 15 is 0 Å². The van der Waals surface area contributed by atoms with Crippen LogP contribution in [-0.4, -0.2) is 40.3 Å². The first kappa shape index (κ1) is 22.5. The maximum absolute atomic E-state index is 12.5. The SMILES string of the molecule is COc1ccc(C)cc1N(CC(=O)NCc1ccc(OC(C)C)cc1)S(C)(=O)=O. The van der Waals surface area contributed by atoms with E-state index in [0.717, 1.165) is 27.4 Å². The second kappa shape index (κ2) is 9.65. The molecule has 1 N–H and O–H groups in total. The van der Waals surface area contributed by atoms with Crippen LogP contribution in [0.1, 0.15) is 25.0 Å². The highest BCUT2D eigenvalue weighted by atomic mass is 32.2. The molecular formula is C21H28N2O5S. The number of carbonyl (C=O) groups is 1. The molecule has 0 bridgehead atoms. The van der Waals surface area contributed by atoms with Crippen LogP contribution in [-0.2, 0) is 21.4 Å². The number of aryl methyl sites for hydroxylation is 1. The second-order valence-electron chi connectivity index (χ2n) is 7.03. The first-order chi connectivity index (χ1) is 13.6. The van der Waals surface area contributed by atoms with Crippen LogP contribution in [0.15, 0.2) is 42.5 Å². The zero-order chi connectivity index (χ0) is 21.6. The number of nitrogens with one attached hydrogen (secondary N) is 1. The Kier molecular flexibility index (Phi) is 7.50. The van der Waals surface area contributed by atoms with Crippen molar-refractivity contribution in [3.05, 3.63) is 53.6 Å². The Morgan fingerprint density at radius 2 is 1.79 bits per heavy atom. The van der Waals surface area contributed by atoms with Crippen LogP contribution in [0.25, 0.3) is 0 Å². The number of nitrogens with zero attached hydrogens (tertiary/aromatic N) is 1. The van der Waals surface area contributed by atoms with E-state index in [2.05, 4.69) is 5.32 Å². The molecule has 0 aliphatic heterocycles. The maximum Gasteiger partial charge on any atom is 0.241 e. The highest BCUT2D eigenvalue weighted by Gasteiger charge is 2.24.